The fourth-order valence-electron chi connectivity index (χ4n) is 3.95. The van der Waals surface area contributed by atoms with Crippen LogP contribution in [0.15, 0.2) is 18.2 Å². The highest BCUT2D eigenvalue weighted by molar-refractivity contribution is 7.56. The van der Waals surface area contributed by atoms with Gasteiger partial charge in [0.1, 0.15) is 0 Å². The molecule has 1 aromatic carbocycles. The van der Waals surface area contributed by atoms with Crippen LogP contribution in [0.25, 0.3) is 0 Å². The van der Waals surface area contributed by atoms with Gasteiger partial charge in [-0.1, -0.05) is 58.4 Å². The fraction of sp³-hybridized carbons (Fsp3) is 0.727. The predicted octanol–water partition coefficient (Wildman–Crippen LogP) is 6.67. The van der Waals surface area contributed by atoms with Gasteiger partial charge in [0.15, 0.2) is 0 Å². The minimum atomic E-state index is 0.188. The van der Waals surface area contributed by atoms with E-state index in [0.29, 0.717) is 10.8 Å². The van der Waals surface area contributed by atoms with E-state index in [1.807, 2.05) is 0 Å². The summed E-state index contributed by atoms with van der Waals surface area (Å²) < 4.78 is 0. The molecule has 2 atom stereocenters. The van der Waals surface area contributed by atoms with Crippen LogP contribution in [0.1, 0.15) is 64.2 Å². The van der Waals surface area contributed by atoms with E-state index in [0.717, 1.165) is 5.92 Å². The van der Waals surface area contributed by atoms with Gasteiger partial charge in [0, 0.05) is 0 Å². The Bertz CT molecular complexity index is 521. The van der Waals surface area contributed by atoms with Crippen LogP contribution in [0.3, 0.4) is 0 Å². The molecule has 0 aromatic heterocycles. The lowest BCUT2D eigenvalue weighted by Gasteiger charge is -2.41. The molecule has 2 rings (SSSR count). The highest BCUT2D eigenvalue weighted by atomic mass is 31.1. The first-order valence-corrected chi connectivity index (χ1v) is 11.5. The molecule has 1 heteroatoms. The van der Waals surface area contributed by atoms with Gasteiger partial charge < -0.3 is 0 Å². The van der Waals surface area contributed by atoms with Crippen molar-refractivity contribution in [1.82, 2.24) is 0 Å². The summed E-state index contributed by atoms with van der Waals surface area (Å²) in [6.07, 6.45) is 8.26. The van der Waals surface area contributed by atoms with E-state index in [9.17, 15) is 0 Å². The molecule has 0 saturated carbocycles. The first-order valence-electron chi connectivity index (χ1n) is 9.34. The van der Waals surface area contributed by atoms with Crippen LogP contribution >= 0.6 is 7.92 Å². The first-order chi connectivity index (χ1) is 10.6. The van der Waals surface area contributed by atoms with Gasteiger partial charge in [0.25, 0.3) is 0 Å². The number of hydrogen-bond donors (Lipinski definition) is 0. The lowest BCUT2D eigenvalue weighted by Crippen LogP contribution is -2.35. The summed E-state index contributed by atoms with van der Waals surface area (Å²) in [7, 11) is 0.188. The van der Waals surface area contributed by atoms with Gasteiger partial charge >= 0.3 is 0 Å². The number of hydrogen-bond acceptors (Lipinski definition) is 0. The van der Waals surface area contributed by atoms with Crippen molar-refractivity contribution in [2.75, 3.05) is 19.0 Å². The highest BCUT2D eigenvalue weighted by Crippen LogP contribution is 2.46. The molecule has 1 aliphatic rings. The fourth-order valence-corrected chi connectivity index (χ4v) is 6.21. The monoisotopic (exact) mass is 332 g/mol. The van der Waals surface area contributed by atoms with Crippen LogP contribution in [0.5, 0.6) is 0 Å². The van der Waals surface area contributed by atoms with Crippen molar-refractivity contribution >= 4 is 7.92 Å². The number of fused-ring (bicyclic) bond motifs is 1. The number of aryl methyl sites for hydroxylation is 1. The predicted molar refractivity (Wildman–Crippen MR) is 107 cm³/mol. The van der Waals surface area contributed by atoms with E-state index in [2.05, 4.69) is 66.4 Å². The van der Waals surface area contributed by atoms with E-state index >= 15 is 0 Å². The molecule has 0 heterocycles. The lowest BCUT2D eigenvalue weighted by molar-refractivity contribution is 0.215. The van der Waals surface area contributed by atoms with E-state index in [4.69, 9.17) is 0 Å². The Labute approximate surface area is 146 Å². The van der Waals surface area contributed by atoms with Gasteiger partial charge in [0.2, 0.25) is 0 Å². The highest BCUT2D eigenvalue weighted by Gasteiger charge is 2.35. The standard InChI is InChI=1S/C22H37P/c1-17-9-10-18-15-22(5,6)20(14-19(18)13-17)16-23(7)12-8-11-21(2,3)4/h9-10,13,20H,8,11-12,14-16H2,1-7H3. The minimum absolute atomic E-state index is 0.188. The van der Waals surface area contributed by atoms with Gasteiger partial charge in [-0.05, 0) is 79.5 Å². The molecular weight excluding hydrogens is 295 g/mol. The summed E-state index contributed by atoms with van der Waals surface area (Å²) in [4.78, 5) is 0. The normalized spacial score (nSPS) is 21.8. The lowest BCUT2D eigenvalue weighted by atomic mass is 9.67. The molecule has 0 bridgehead atoms. The summed E-state index contributed by atoms with van der Waals surface area (Å²) in [6, 6.07) is 7.10. The Balaban J connectivity index is 1.96. The maximum Gasteiger partial charge on any atom is -0.0222 e. The molecule has 23 heavy (non-hydrogen) atoms. The molecule has 1 aromatic rings. The SMILES string of the molecule is Cc1ccc2c(c1)CC(CP(C)CCCC(C)(C)C)C(C)(C)C2. The molecule has 0 amide bonds. The Morgan fingerprint density at radius 2 is 1.87 bits per heavy atom. The third-order valence-corrected chi connectivity index (χ3v) is 7.72. The Morgan fingerprint density at radius 1 is 1.17 bits per heavy atom. The van der Waals surface area contributed by atoms with Crippen molar-refractivity contribution in [1.29, 1.82) is 0 Å². The van der Waals surface area contributed by atoms with Gasteiger partial charge in [-0.25, -0.2) is 0 Å². The van der Waals surface area contributed by atoms with Gasteiger partial charge in [-0.3, -0.25) is 0 Å². The van der Waals surface area contributed by atoms with Crippen molar-refractivity contribution in [2.45, 2.75) is 67.2 Å². The van der Waals surface area contributed by atoms with Crippen molar-refractivity contribution in [2.24, 2.45) is 16.7 Å². The van der Waals surface area contributed by atoms with E-state index < -0.39 is 0 Å². The van der Waals surface area contributed by atoms with Crippen LogP contribution in [0.4, 0.5) is 0 Å². The van der Waals surface area contributed by atoms with Gasteiger partial charge in [-0.15, -0.1) is 7.92 Å². The zero-order chi connectivity index (χ0) is 17.3. The largest absolute Gasteiger partial charge is 0.110 e. The maximum atomic E-state index is 2.54. The van der Waals surface area contributed by atoms with E-state index in [1.54, 1.807) is 11.1 Å². The average molecular weight is 333 g/mol. The molecule has 130 valence electrons. The third-order valence-electron chi connectivity index (χ3n) is 5.58. The van der Waals surface area contributed by atoms with Crippen LogP contribution in [-0.4, -0.2) is 19.0 Å². The summed E-state index contributed by atoms with van der Waals surface area (Å²) in [5, 5.41) is 0. The summed E-state index contributed by atoms with van der Waals surface area (Å²) in [5.41, 5.74) is 5.61. The van der Waals surface area contributed by atoms with Crippen molar-refractivity contribution < 1.29 is 0 Å². The summed E-state index contributed by atoms with van der Waals surface area (Å²) in [6.45, 7) is 16.9. The van der Waals surface area contributed by atoms with Crippen molar-refractivity contribution in [3.63, 3.8) is 0 Å². The van der Waals surface area contributed by atoms with E-state index in [1.165, 1.54) is 43.6 Å². The summed E-state index contributed by atoms with van der Waals surface area (Å²) in [5.74, 6) is 0.863. The van der Waals surface area contributed by atoms with Crippen LogP contribution in [-0.2, 0) is 12.8 Å². The molecule has 1 aliphatic carbocycles. The van der Waals surface area contributed by atoms with Gasteiger partial charge in [-0.2, -0.15) is 0 Å². The Kier molecular flexibility index (Phi) is 5.99. The quantitative estimate of drug-likeness (QED) is 0.528. The first kappa shape index (κ1) is 19.0. The van der Waals surface area contributed by atoms with E-state index in [-0.39, 0.29) is 7.92 Å². The molecule has 2 unspecified atom stereocenters. The number of benzene rings is 1. The topological polar surface area (TPSA) is 0 Å². The molecule has 0 saturated heterocycles. The minimum Gasteiger partial charge on any atom is -0.110 e. The Morgan fingerprint density at radius 3 is 2.52 bits per heavy atom. The van der Waals surface area contributed by atoms with Crippen LogP contribution in [0, 0.1) is 23.7 Å². The second kappa shape index (κ2) is 7.26. The molecule has 0 N–H and O–H groups in total. The molecular formula is C22H37P. The van der Waals surface area contributed by atoms with Crippen LogP contribution in [0.2, 0.25) is 0 Å². The molecule has 0 aliphatic heterocycles. The summed E-state index contributed by atoms with van der Waals surface area (Å²) >= 11 is 0. The Hall–Kier alpha value is -0.350. The number of rotatable bonds is 5. The zero-order valence-electron chi connectivity index (χ0n) is 16.5. The average Bonchev–Trinajstić information content (AvgIpc) is 2.38. The molecule has 0 fully saturated rings. The molecule has 0 spiro atoms. The second-order valence-electron chi connectivity index (χ2n) is 9.77. The van der Waals surface area contributed by atoms with Crippen molar-refractivity contribution in [3.05, 3.63) is 34.9 Å². The van der Waals surface area contributed by atoms with Crippen LogP contribution < -0.4 is 0 Å². The third kappa shape index (κ3) is 5.60. The smallest absolute Gasteiger partial charge is 0.0222 e. The van der Waals surface area contributed by atoms with Gasteiger partial charge in [0.05, 0.1) is 0 Å². The zero-order valence-corrected chi connectivity index (χ0v) is 17.4. The second-order valence-corrected chi connectivity index (χ2v) is 12.3. The molecule has 0 nitrogen and oxygen atoms in total. The van der Waals surface area contributed by atoms with Crippen molar-refractivity contribution in [3.8, 4) is 0 Å². The maximum absolute atomic E-state index is 2.54. The molecule has 0 radical (unpaired) electrons.